The van der Waals surface area contributed by atoms with E-state index < -0.39 is 36.8 Å². The van der Waals surface area contributed by atoms with Crippen molar-refractivity contribution in [3.05, 3.63) is 53.7 Å². The van der Waals surface area contributed by atoms with E-state index in [-0.39, 0.29) is 49.8 Å². The van der Waals surface area contributed by atoms with Crippen LogP contribution < -0.4 is 19.9 Å². The Morgan fingerprint density at radius 2 is 1.34 bits per heavy atom. The highest BCUT2D eigenvalue weighted by Crippen LogP contribution is 2.35. The van der Waals surface area contributed by atoms with Crippen molar-refractivity contribution < 1.29 is 43.6 Å². The van der Waals surface area contributed by atoms with Crippen LogP contribution in [0.15, 0.2) is 42.5 Å². The Labute approximate surface area is 201 Å². The molecule has 0 radical (unpaired) electrons. The number of hydrogen-bond donors (Lipinski definition) is 3. The fourth-order valence-corrected chi connectivity index (χ4v) is 3.28. The molecule has 4 N–H and O–H groups in total. The minimum atomic E-state index is -1.22. The van der Waals surface area contributed by atoms with Crippen LogP contribution in [0.5, 0.6) is 17.2 Å². The first-order chi connectivity index (χ1) is 15.7. The van der Waals surface area contributed by atoms with Gasteiger partial charge in [0.05, 0.1) is 16.5 Å². The molecule has 0 aliphatic rings. The van der Waals surface area contributed by atoms with Gasteiger partial charge in [-0.25, -0.2) is 9.59 Å². The maximum Gasteiger partial charge on any atom is 0.341 e. The molecule has 188 valence electrons. The summed E-state index contributed by atoms with van der Waals surface area (Å²) in [6.07, 6.45) is 0. The molecule has 0 aliphatic carbocycles. The summed E-state index contributed by atoms with van der Waals surface area (Å²) in [6.45, 7) is 0.212. The smallest absolute Gasteiger partial charge is 0.341 e. The summed E-state index contributed by atoms with van der Waals surface area (Å²) in [5.74, 6) is -3.97. The number of aromatic nitrogens is 1. The van der Waals surface area contributed by atoms with Crippen LogP contribution in [0.25, 0.3) is 10.9 Å². The molecule has 3 aromatic rings. The highest BCUT2D eigenvalue weighted by molar-refractivity contribution is 6.45. The van der Waals surface area contributed by atoms with E-state index in [2.05, 4.69) is 0 Å². The van der Waals surface area contributed by atoms with Gasteiger partial charge in [-0.3, -0.25) is 9.59 Å². The number of para-hydroxylation sites is 2. The number of hydrogen-bond acceptors (Lipinski definition) is 7. The summed E-state index contributed by atoms with van der Waals surface area (Å²) in [5, 5.41) is 18.0. The topological polar surface area (TPSA) is 167 Å². The second-order valence-corrected chi connectivity index (χ2v) is 6.82. The number of ether oxygens (including phenoxy) is 3. The molecule has 0 saturated carbocycles. The van der Waals surface area contributed by atoms with Crippen LogP contribution in [0.2, 0.25) is 0 Å². The zero-order valence-corrected chi connectivity index (χ0v) is 17.4. The van der Waals surface area contributed by atoms with Gasteiger partial charge in [-0.2, -0.15) is 0 Å². The van der Waals surface area contributed by atoms with Gasteiger partial charge in [0.2, 0.25) is 0 Å². The molecular weight excluding hydrogens is 460 g/mol. The summed E-state index contributed by atoms with van der Waals surface area (Å²) >= 11 is 0. The monoisotopic (exact) mass is 488 g/mol. The Morgan fingerprint density at radius 1 is 0.829 bits per heavy atom. The second-order valence-electron chi connectivity index (χ2n) is 6.82. The van der Waals surface area contributed by atoms with Gasteiger partial charge >= 0.3 is 11.9 Å². The minimum Gasteiger partial charge on any atom is -0.481 e. The third-order valence-corrected chi connectivity index (χ3v) is 4.66. The summed E-state index contributed by atoms with van der Waals surface area (Å²) in [6, 6.07) is 11.2. The number of carboxylic acid groups (broad SMARTS) is 2. The molecule has 1 aromatic heterocycles. The SMILES string of the molecule is C.C.Cc1c(C(=O)C(N)=O)c2c(OCC(=O)O)cccc2n1COc1ccccc1OCC(=O)O. The molecule has 1 amide bonds. The van der Waals surface area contributed by atoms with E-state index in [1.807, 2.05) is 0 Å². The summed E-state index contributed by atoms with van der Waals surface area (Å²) in [5.41, 5.74) is 5.96. The number of nitrogens with zero attached hydrogens (tertiary/aromatic N) is 1. The number of nitrogens with two attached hydrogens (primary N) is 1. The van der Waals surface area contributed by atoms with Crippen LogP contribution in [0, 0.1) is 6.92 Å². The summed E-state index contributed by atoms with van der Waals surface area (Å²) in [4.78, 5) is 46.0. The zero-order chi connectivity index (χ0) is 24.1. The maximum atomic E-state index is 12.6. The Morgan fingerprint density at radius 3 is 1.89 bits per heavy atom. The van der Waals surface area contributed by atoms with Crippen LogP contribution >= 0.6 is 0 Å². The van der Waals surface area contributed by atoms with E-state index in [9.17, 15) is 19.2 Å². The number of aliphatic carboxylic acids is 2. The fraction of sp³-hybridized carbons (Fsp3) is 0.250. The average molecular weight is 488 g/mol. The molecule has 0 fully saturated rings. The van der Waals surface area contributed by atoms with Crippen LogP contribution in [-0.2, 0) is 21.1 Å². The number of benzene rings is 2. The molecule has 2 aromatic carbocycles. The van der Waals surface area contributed by atoms with Crippen molar-refractivity contribution in [2.45, 2.75) is 28.5 Å². The highest BCUT2D eigenvalue weighted by atomic mass is 16.5. The number of fused-ring (bicyclic) bond motifs is 1. The van der Waals surface area contributed by atoms with Crippen molar-refractivity contribution in [1.82, 2.24) is 4.57 Å². The third kappa shape index (κ3) is 6.28. The van der Waals surface area contributed by atoms with Crippen molar-refractivity contribution >= 4 is 34.5 Å². The highest BCUT2D eigenvalue weighted by Gasteiger charge is 2.26. The van der Waals surface area contributed by atoms with Crippen molar-refractivity contribution in [3.63, 3.8) is 0 Å². The predicted octanol–water partition coefficient (Wildman–Crippen LogP) is 2.85. The summed E-state index contributed by atoms with van der Waals surface area (Å²) < 4.78 is 17.9. The molecule has 0 unspecified atom stereocenters. The number of amides is 1. The lowest BCUT2D eigenvalue weighted by molar-refractivity contribution is -0.140. The lowest BCUT2D eigenvalue weighted by atomic mass is 10.1. The van der Waals surface area contributed by atoms with E-state index in [0.717, 1.165) is 0 Å². The number of ketones is 1. The zero-order valence-electron chi connectivity index (χ0n) is 17.4. The molecule has 1 heterocycles. The van der Waals surface area contributed by atoms with E-state index in [0.29, 0.717) is 11.2 Å². The third-order valence-electron chi connectivity index (χ3n) is 4.66. The average Bonchev–Trinajstić information content (AvgIpc) is 3.06. The number of carbonyl (C=O) groups is 4. The second kappa shape index (κ2) is 12.1. The quantitative estimate of drug-likeness (QED) is 0.271. The van der Waals surface area contributed by atoms with Gasteiger partial charge in [-0.1, -0.05) is 33.1 Å². The van der Waals surface area contributed by atoms with Gasteiger partial charge in [0, 0.05) is 5.69 Å². The molecule has 0 bridgehead atoms. The minimum absolute atomic E-state index is 0. The van der Waals surface area contributed by atoms with Crippen LogP contribution in [-0.4, -0.2) is 51.6 Å². The van der Waals surface area contributed by atoms with Gasteiger partial charge in [-0.15, -0.1) is 0 Å². The normalized spacial score (nSPS) is 9.97. The number of carboxylic acids is 2. The largest absolute Gasteiger partial charge is 0.481 e. The van der Waals surface area contributed by atoms with Crippen molar-refractivity contribution in [2.24, 2.45) is 5.73 Å². The maximum absolute atomic E-state index is 12.6. The number of rotatable bonds is 11. The van der Waals surface area contributed by atoms with Crippen molar-refractivity contribution in [2.75, 3.05) is 13.2 Å². The Kier molecular flexibility index (Phi) is 9.83. The van der Waals surface area contributed by atoms with Crippen LogP contribution in [0.1, 0.15) is 30.9 Å². The molecule has 35 heavy (non-hydrogen) atoms. The van der Waals surface area contributed by atoms with Crippen LogP contribution in [0.3, 0.4) is 0 Å². The Balaban J connectivity index is 0.00000306. The summed E-state index contributed by atoms with van der Waals surface area (Å²) in [7, 11) is 0. The molecule has 11 nitrogen and oxygen atoms in total. The molecule has 11 heteroatoms. The van der Waals surface area contributed by atoms with Gasteiger partial charge in [-0.05, 0) is 31.2 Å². The van der Waals surface area contributed by atoms with E-state index in [4.69, 9.17) is 30.2 Å². The standard InChI is InChI=1S/C22H20N2O9.2CH4/c1-12-19(21(29)22(23)30)20-13(5-4-8-16(20)32-10-18(27)28)24(12)11-33-15-7-3-2-6-14(15)31-9-17(25)26;;/h2-8H,9-11H2,1H3,(H2,23,30)(H,25,26)(H,27,28);2*1H4. The predicted molar refractivity (Wildman–Crippen MR) is 127 cm³/mol. The number of primary amides is 1. The Hall–Kier alpha value is -4.54. The van der Waals surface area contributed by atoms with E-state index >= 15 is 0 Å². The first-order valence-electron chi connectivity index (χ1n) is 9.57. The molecule has 0 saturated heterocycles. The first-order valence-corrected chi connectivity index (χ1v) is 9.57. The first kappa shape index (κ1) is 28.5. The molecule has 0 spiro atoms. The lowest BCUT2D eigenvalue weighted by Gasteiger charge is -2.14. The number of Topliss-reactive ketones (excluding diaryl/α,β-unsaturated/α-hetero) is 1. The van der Waals surface area contributed by atoms with Crippen molar-refractivity contribution in [3.8, 4) is 17.2 Å². The van der Waals surface area contributed by atoms with Gasteiger partial charge in [0.1, 0.15) is 5.75 Å². The van der Waals surface area contributed by atoms with Crippen molar-refractivity contribution in [1.29, 1.82) is 0 Å². The molecule has 0 atom stereocenters. The molecular formula is C24H28N2O9. The van der Waals surface area contributed by atoms with E-state index in [1.165, 1.54) is 6.07 Å². The van der Waals surface area contributed by atoms with Gasteiger partial charge in [0.15, 0.2) is 31.4 Å². The lowest BCUT2D eigenvalue weighted by Crippen LogP contribution is -2.24. The Bertz CT molecular complexity index is 1250. The number of carbonyl (C=O) groups excluding carboxylic acids is 2. The fourth-order valence-electron chi connectivity index (χ4n) is 3.28. The van der Waals surface area contributed by atoms with Gasteiger partial charge < -0.3 is 34.7 Å². The molecule has 3 rings (SSSR count). The molecule has 0 aliphatic heterocycles. The van der Waals surface area contributed by atoms with Crippen LogP contribution in [0.4, 0.5) is 0 Å². The van der Waals surface area contributed by atoms with E-state index in [1.54, 1.807) is 47.9 Å². The van der Waals surface area contributed by atoms with Gasteiger partial charge in [0.25, 0.3) is 11.7 Å².